The Balaban J connectivity index is 1.48. The molecule has 1 aliphatic heterocycles. The maximum atomic E-state index is 12.8. The zero-order chi connectivity index (χ0) is 17.9. The second-order valence-corrected chi connectivity index (χ2v) is 6.39. The number of fused-ring (bicyclic) bond motifs is 1. The van der Waals surface area contributed by atoms with Gasteiger partial charge in [-0.2, -0.15) is 5.10 Å². The number of benzene rings is 1. The SMILES string of the molecule is Cc1ccc(C(=O)N2CCc3[nH]nc(COc4ccccc4)c3C2)cn1. The normalized spacial score (nSPS) is 13.3. The number of aryl methyl sites for hydroxylation is 1. The van der Waals surface area contributed by atoms with Crippen molar-refractivity contribution >= 4 is 5.91 Å². The molecule has 1 N–H and O–H groups in total. The molecule has 3 aromatic rings. The molecule has 1 aromatic carbocycles. The first kappa shape index (κ1) is 16.3. The molecule has 0 atom stereocenters. The average molecular weight is 348 g/mol. The third-order valence-corrected chi connectivity index (χ3v) is 4.58. The van der Waals surface area contributed by atoms with Gasteiger partial charge in [0.1, 0.15) is 18.1 Å². The van der Waals surface area contributed by atoms with Crippen molar-refractivity contribution in [2.24, 2.45) is 0 Å². The van der Waals surface area contributed by atoms with Gasteiger partial charge in [-0.05, 0) is 31.2 Å². The second kappa shape index (κ2) is 7.00. The largest absolute Gasteiger partial charge is 0.487 e. The summed E-state index contributed by atoms with van der Waals surface area (Å²) in [6.45, 7) is 3.49. The molecule has 0 spiro atoms. The summed E-state index contributed by atoms with van der Waals surface area (Å²) in [7, 11) is 0. The number of ether oxygens (including phenoxy) is 1. The van der Waals surface area contributed by atoms with Gasteiger partial charge in [0.25, 0.3) is 5.91 Å². The Bertz CT molecular complexity index is 903. The number of aromatic amines is 1. The van der Waals surface area contributed by atoms with Crippen LogP contribution < -0.4 is 4.74 Å². The van der Waals surface area contributed by atoms with Crippen LogP contribution in [0.5, 0.6) is 5.75 Å². The molecule has 0 aliphatic carbocycles. The summed E-state index contributed by atoms with van der Waals surface area (Å²) in [5.74, 6) is 0.804. The zero-order valence-electron chi connectivity index (χ0n) is 14.6. The van der Waals surface area contributed by atoms with E-state index >= 15 is 0 Å². The number of hydrogen-bond acceptors (Lipinski definition) is 4. The Labute approximate surface area is 151 Å². The lowest BCUT2D eigenvalue weighted by molar-refractivity contribution is 0.0732. The number of rotatable bonds is 4. The molecule has 3 heterocycles. The fraction of sp³-hybridized carbons (Fsp3) is 0.250. The van der Waals surface area contributed by atoms with Crippen LogP contribution in [0.25, 0.3) is 0 Å². The van der Waals surface area contributed by atoms with Gasteiger partial charge in [-0.15, -0.1) is 0 Å². The fourth-order valence-corrected chi connectivity index (χ4v) is 3.09. The van der Waals surface area contributed by atoms with Crippen LogP contribution in [0, 0.1) is 6.92 Å². The molecule has 0 fully saturated rings. The van der Waals surface area contributed by atoms with Crippen LogP contribution in [-0.4, -0.2) is 32.5 Å². The van der Waals surface area contributed by atoms with E-state index in [4.69, 9.17) is 4.74 Å². The average Bonchev–Trinajstić information content (AvgIpc) is 3.09. The quantitative estimate of drug-likeness (QED) is 0.787. The van der Waals surface area contributed by atoms with Crippen LogP contribution >= 0.6 is 0 Å². The minimum absolute atomic E-state index is 0.000669. The first-order chi connectivity index (χ1) is 12.7. The molecule has 0 bridgehead atoms. The topological polar surface area (TPSA) is 71.1 Å². The minimum atomic E-state index is -0.000669. The van der Waals surface area contributed by atoms with Crippen molar-refractivity contribution in [3.8, 4) is 5.75 Å². The Hall–Kier alpha value is -3.15. The summed E-state index contributed by atoms with van der Waals surface area (Å²) in [4.78, 5) is 18.8. The van der Waals surface area contributed by atoms with Crippen molar-refractivity contribution in [2.75, 3.05) is 6.54 Å². The number of H-pyrrole nitrogens is 1. The van der Waals surface area contributed by atoms with Crippen LogP contribution in [0.4, 0.5) is 0 Å². The number of carbonyl (C=O) groups is 1. The van der Waals surface area contributed by atoms with Crippen LogP contribution in [-0.2, 0) is 19.6 Å². The first-order valence-corrected chi connectivity index (χ1v) is 8.65. The molecule has 2 aromatic heterocycles. The summed E-state index contributed by atoms with van der Waals surface area (Å²) < 4.78 is 5.81. The second-order valence-electron chi connectivity index (χ2n) is 6.39. The predicted molar refractivity (Wildman–Crippen MR) is 96.8 cm³/mol. The number of nitrogens with one attached hydrogen (secondary N) is 1. The number of para-hydroxylation sites is 1. The number of hydrogen-bond donors (Lipinski definition) is 1. The maximum Gasteiger partial charge on any atom is 0.255 e. The molecular formula is C20H20N4O2. The van der Waals surface area contributed by atoms with Gasteiger partial charge in [0.2, 0.25) is 0 Å². The van der Waals surface area contributed by atoms with Gasteiger partial charge in [0.15, 0.2) is 0 Å². The van der Waals surface area contributed by atoms with Gasteiger partial charge in [-0.25, -0.2) is 0 Å². The molecule has 1 aliphatic rings. The zero-order valence-corrected chi connectivity index (χ0v) is 14.6. The third-order valence-electron chi connectivity index (χ3n) is 4.58. The van der Waals surface area contributed by atoms with E-state index in [0.29, 0.717) is 25.3 Å². The number of nitrogens with zero attached hydrogens (tertiary/aromatic N) is 3. The van der Waals surface area contributed by atoms with Crippen LogP contribution in [0.3, 0.4) is 0 Å². The van der Waals surface area contributed by atoms with E-state index in [2.05, 4.69) is 15.2 Å². The standard InChI is InChI=1S/C20H20N4O2/c1-14-7-8-15(11-21-14)20(25)24-10-9-18-17(12-24)19(23-22-18)13-26-16-5-3-2-4-6-16/h2-8,11H,9-10,12-13H2,1H3,(H,22,23). The molecule has 0 saturated heterocycles. The molecule has 26 heavy (non-hydrogen) atoms. The van der Waals surface area contributed by atoms with Crippen LogP contribution in [0.15, 0.2) is 48.7 Å². The summed E-state index contributed by atoms with van der Waals surface area (Å²) in [6, 6.07) is 13.3. The molecule has 6 heteroatoms. The van der Waals surface area contributed by atoms with Gasteiger partial charge in [-0.3, -0.25) is 14.9 Å². The number of aromatic nitrogens is 3. The maximum absolute atomic E-state index is 12.8. The summed E-state index contributed by atoms with van der Waals surface area (Å²) in [6.07, 6.45) is 2.40. The van der Waals surface area contributed by atoms with Crippen molar-refractivity contribution in [3.05, 3.63) is 76.9 Å². The van der Waals surface area contributed by atoms with Gasteiger partial charge >= 0.3 is 0 Å². The smallest absolute Gasteiger partial charge is 0.255 e. The molecule has 4 rings (SSSR count). The molecule has 0 saturated carbocycles. The van der Waals surface area contributed by atoms with E-state index in [1.807, 2.05) is 54.3 Å². The van der Waals surface area contributed by atoms with Crippen molar-refractivity contribution in [2.45, 2.75) is 26.5 Å². The fourth-order valence-electron chi connectivity index (χ4n) is 3.09. The highest BCUT2D eigenvalue weighted by Gasteiger charge is 2.26. The summed E-state index contributed by atoms with van der Waals surface area (Å²) in [5, 5.41) is 7.48. The van der Waals surface area contributed by atoms with E-state index in [-0.39, 0.29) is 5.91 Å². The first-order valence-electron chi connectivity index (χ1n) is 8.65. The Morgan fingerprint density at radius 1 is 1.23 bits per heavy atom. The van der Waals surface area contributed by atoms with Crippen molar-refractivity contribution in [1.82, 2.24) is 20.1 Å². The molecule has 0 unspecified atom stereocenters. The highest BCUT2D eigenvalue weighted by Crippen LogP contribution is 2.23. The lowest BCUT2D eigenvalue weighted by atomic mass is 10.0. The Morgan fingerprint density at radius 3 is 2.85 bits per heavy atom. The highest BCUT2D eigenvalue weighted by molar-refractivity contribution is 5.94. The predicted octanol–water partition coefficient (Wildman–Crippen LogP) is 2.89. The van der Waals surface area contributed by atoms with Crippen LogP contribution in [0.2, 0.25) is 0 Å². The lowest BCUT2D eigenvalue weighted by Gasteiger charge is -2.27. The van der Waals surface area contributed by atoms with E-state index < -0.39 is 0 Å². The number of carbonyl (C=O) groups excluding carboxylic acids is 1. The minimum Gasteiger partial charge on any atom is -0.487 e. The lowest BCUT2D eigenvalue weighted by Crippen LogP contribution is -2.36. The van der Waals surface area contributed by atoms with Crippen molar-refractivity contribution < 1.29 is 9.53 Å². The highest BCUT2D eigenvalue weighted by atomic mass is 16.5. The van der Waals surface area contributed by atoms with E-state index in [9.17, 15) is 4.79 Å². The Kier molecular flexibility index (Phi) is 4.39. The van der Waals surface area contributed by atoms with E-state index in [1.54, 1.807) is 6.20 Å². The van der Waals surface area contributed by atoms with E-state index in [0.717, 1.165) is 34.8 Å². The van der Waals surface area contributed by atoms with Gasteiger partial charge in [0, 0.05) is 42.7 Å². The summed E-state index contributed by atoms with van der Waals surface area (Å²) in [5.41, 5.74) is 4.51. The summed E-state index contributed by atoms with van der Waals surface area (Å²) >= 11 is 0. The molecule has 132 valence electrons. The van der Waals surface area contributed by atoms with Gasteiger partial charge in [-0.1, -0.05) is 18.2 Å². The van der Waals surface area contributed by atoms with Crippen molar-refractivity contribution in [1.29, 1.82) is 0 Å². The molecule has 6 nitrogen and oxygen atoms in total. The monoisotopic (exact) mass is 348 g/mol. The molecular weight excluding hydrogens is 328 g/mol. The van der Waals surface area contributed by atoms with E-state index in [1.165, 1.54) is 0 Å². The van der Waals surface area contributed by atoms with Gasteiger partial charge < -0.3 is 9.64 Å². The Morgan fingerprint density at radius 2 is 2.08 bits per heavy atom. The number of pyridine rings is 1. The van der Waals surface area contributed by atoms with Gasteiger partial charge in [0.05, 0.1) is 5.56 Å². The van der Waals surface area contributed by atoms with Crippen molar-refractivity contribution in [3.63, 3.8) is 0 Å². The third kappa shape index (κ3) is 3.31. The molecule has 1 amide bonds. The van der Waals surface area contributed by atoms with Crippen LogP contribution in [0.1, 0.15) is 33.0 Å². The molecule has 0 radical (unpaired) electrons. The number of amides is 1.